The molecule has 0 bridgehead atoms. The first-order valence-corrected chi connectivity index (χ1v) is 5.60. The van der Waals surface area contributed by atoms with Crippen molar-refractivity contribution in [3.8, 4) is 0 Å². The summed E-state index contributed by atoms with van der Waals surface area (Å²) in [4.78, 5) is 42.2. The van der Waals surface area contributed by atoms with Crippen LogP contribution in [-0.4, -0.2) is 172 Å². The Morgan fingerprint density at radius 2 is 0.955 bits per heavy atom. The van der Waals surface area contributed by atoms with E-state index in [1.165, 1.54) is 0 Å². The van der Waals surface area contributed by atoms with Gasteiger partial charge in [0.2, 0.25) is 0 Å². The van der Waals surface area contributed by atoms with Crippen molar-refractivity contribution in [1.82, 2.24) is 10.6 Å². The van der Waals surface area contributed by atoms with Crippen LogP contribution in [0, 0.1) is 0 Å². The van der Waals surface area contributed by atoms with Crippen molar-refractivity contribution in [1.29, 1.82) is 0 Å². The van der Waals surface area contributed by atoms with Gasteiger partial charge in [0, 0.05) is 116 Å². The van der Waals surface area contributed by atoms with E-state index in [1.807, 2.05) is 0 Å². The van der Waals surface area contributed by atoms with E-state index in [4.69, 9.17) is 20.4 Å². The number of aliphatic carboxylic acids is 4. The van der Waals surface area contributed by atoms with Gasteiger partial charge in [0.25, 0.3) is 0 Å². The second-order valence-corrected chi connectivity index (χ2v) is 3.89. The Morgan fingerprint density at radius 1 is 0.682 bits per heavy atom. The zero-order valence-corrected chi connectivity index (χ0v) is 18.7. The van der Waals surface area contributed by atoms with Gasteiger partial charge in [-0.05, 0) is 0 Å². The minimum absolute atomic E-state index is 0. The Kier molecular flexibility index (Phi) is 19.8. The summed E-state index contributed by atoms with van der Waals surface area (Å²) in [7, 11) is 0. The van der Waals surface area contributed by atoms with Crippen LogP contribution in [0.1, 0.15) is 12.8 Å². The predicted octanol–water partition coefficient (Wildman–Crippen LogP) is -2.74. The third-order valence-corrected chi connectivity index (χ3v) is 2.26. The molecule has 0 saturated heterocycles. The first-order valence-electron chi connectivity index (χ1n) is 5.60. The summed E-state index contributed by atoms with van der Waals surface area (Å²) in [5.74, 6) is -5.25. The molecule has 6 N–H and O–H groups in total. The van der Waals surface area contributed by atoms with Gasteiger partial charge >= 0.3 is 23.9 Å². The van der Waals surface area contributed by atoms with E-state index >= 15 is 0 Å². The maximum absolute atomic E-state index is 10.7. The van der Waals surface area contributed by atoms with E-state index in [1.54, 1.807) is 0 Å². The molecule has 10 nitrogen and oxygen atoms in total. The first kappa shape index (κ1) is 27.9. The van der Waals surface area contributed by atoms with Crippen molar-refractivity contribution in [2.45, 2.75) is 24.9 Å². The molecule has 0 aliphatic carbocycles. The molecule has 0 saturated carbocycles. The molecule has 0 aromatic carbocycles. The zero-order valence-electron chi connectivity index (χ0n) is 12.4. The second kappa shape index (κ2) is 15.6. The number of nitrogens with one attached hydrogen (secondary N) is 2. The molecule has 0 aromatic heterocycles. The molecule has 22 heavy (non-hydrogen) atoms. The summed E-state index contributed by atoms with van der Waals surface area (Å²) in [6, 6.07) is -2.59. The molecule has 0 amide bonds. The van der Waals surface area contributed by atoms with Crippen molar-refractivity contribution in [3.05, 3.63) is 0 Å². The average molecular weight is 370 g/mol. The number of rotatable bonds is 11. The quantitative estimate of drug-likeness (QED) is 0.165. The molecule has 0 spiro atoms. The molecule has 116 valence electrons. The fraction of sp³-hybridized carbons (Fsp3) is 0.600. The van der Waals surface area contributed by atoms with Crippen LogP contribution in [0.4, 0.5) is 0 Å². The maximum atomic E-state index is 10.7. The Balaban J connectivity index is -0.00000180. The molecule has 12 heteroatoms. The molecule has 0 heterocycles. The maximum Gasteiger partial charge on any atom is 0.321 e. The number of carboxylic acids is 4. The molecule has 0 unspecified atom stereocenters. The normalized spacial score (nSPS) is 12.2. The Bertz CT molecular complexity index is 357. The van der Waals surface area contributed by atoms with E-state index in [2.05, 4.69) is 10.6 Å². The zero-order chi connectivity index (χ0) is 15.7. The fourth-order valence-corrected chi connectivity index (χ4v) is 1.34. The number of hydrogen-bond donors (Lipinski definition) is 6. The molecule has 2 atom stereocenters. The number of carboxylic acid groups (broad SMARTS) is 4. The molecule has 0 aliphatic rings. The molecular formula is C10H16K2N2O8. The summed E-state index contributed by atoms with van der Waals surface area (Å²) >= 11 is 0. The van der Waals surface area contributed by atoms with Crippen LogP contribution in [0.15, 0.2) is 0 Å². The number of carbonyl (C=O) groups is 4. The predicted molar refractivity (Wildman–Crippen MR) is 74.9 cm³/mol. The second-order valence-electron chi connectivity index (χ2n) is 3.89. The topological polar surface area (TPSA) is 173 Å². The summed E-state index contributed by atoms with van der Waals surface area (Å²) in [5.41, 5.74) is 0. The van der Waals surface area contributed by atoms with Gasteiger partial charge in [0.15, 0.2) is 0 Å². The van der Waals surface area contributed by atoms with Gasteiger partial charge in [-0.15, -0.1) is 0 Å². The van der Waals surface area contributed by atoms with Crippen LogP contribution in [0.25, 0.3) is 0 Å². The minimum atomic E-state index is -1.34. The van der Waals surface area contributed by atoms with Crippen LogP contribution >= 0.6 is 0 Å². The van der Waals surface area contributed by atoms with E-state index in [0.29, 0.717) is 0 Å². The van der Waals surface area contributed by atoms with E-state index in [9.17, 15) is 19.2 Å². The van der Waals surface area contributed by atoms with Gasteiger partial charge in [0.05, 0.1) is 12.8 Å². The molecule has 0 aromatic rings. The molecule has 0 rings (SSSR count). The van der Waals surface area contributed by atoms with Crippen LogP contribution in [0.3, 0.4) is 0 Å². The molecular weight excluding hydrogens is 354 g/mol. The summed E-state index contributed by atoms with van der Waals surface area (Å²) in [5, 5.41) is 39.2. The standard InChI is InChI=1S/C10H16N2O8.2K/c13-7(14)3-5(9(17)18)11-1-2-12-6(10(19)20)4-8(15)16;;/h5-6,11-12H,1-4H2,(H,13,14)(H,15,16)(H,17,18)(H,19,20);;/t5-,6-;;/m0../s1. The van der Waals surface area contributed by atoms with Crippen LogP contribution < -0.4 is 10.6 Å². The van der Waals surface area contributed by atoms with Gasteiger partial charge in [-0.25, -0.2) is 0 Å². The van der Waals surface area contributed by atoms with Gasteiger partial charge < -0.3 is 31.1 Å². The monoisotopic (exact) mass is 370 g/mol. The summed E-state index contributed by atoms with van der Waals surface area (Å²) < 4.78 is 0. The van der Waals surface area contributed by atoms with E-state index in [0.717, 1.165) is 0 Å². The Hall–Kier alpha value is 1.07. The van der Waals surface area contributed by atoms with Crippen molar-refractivity contribution >= 4 is 127 Å². The SMILES string of the molecule is O=C(O)C[C@H](NCCN[C@@H](CC(=O)O)C(=O)O)C(=O)O.[K].[K]. The van der Waals surface area contributed by atoms with Crippen molar-refractivity contribution in [3.63, 3.8) is 0 Å². The van der Waals surface area contributed by atoms with Gasteiger partial charge in [-0.3, -0.25) is 19.2 Å². The molecule has 0 fully saturated rings. The summed E-state index contributed by atoms with van der Waals surface area (Å²) in [6.45, 7) is -0.0404. The molecule has 2 radical (unpaired) electrons. The number of hydrogen-bond acceptors (Lipinski definition) is 6. The van der Waals surface area contributed by atoms with Crippen molar-refractivity contribution in [2.75, 3.05) is 13.1 Å². The largest absolute Gasteiger partial charge is 0.481 e. The average Bonchev–Trinajstić information content (AvgIpc) is 2.29. The van der Waals surface area contributed by atoms with Gasteiger partial charge in [-0.2, -0.15) is 0 Å². The summed E-state index contributed by atoms with van der Waals surface area (Å²) in [6.07, 6.45) is -1.24. The van der Waals surface area contributed by atoms with Crippen LogP contribution in [-0.2, 0) is 19.2 Å². The van der Waals surface area contributed by atoms with Crippen molar-refractivity contribution in [2.24, 2.45) is 0 Å². The Morgan fingerprint density at radius 3 is 1.14 bits per heavy atom. The third kappa shape index (κ3) is 14.7. The smallest absolute Gasteiger partial charge is 0.321 e. The third-order valence-electron chi connectivity index (χ3n) is 2.26. The van der Waals surface area contributed by atoms with Gasteiger partial charge in [0.1, 0.15) is 12.1 Å². The van der Waals surface area contributed by atoms with Crippen molar-refractivity contribution < 1.29 is 39.6 Å². The first-order chi connectivity index (χ1) is 9.23. The van der Waals surface area contributed by atoms with Gasteiger partial charge in [-0.1, -0.05) is 0 Å². The van der Waals surface area contributed by atoms with E-state index < -0.39 is 48.8 Å². The van der Waals surface area contributed by atoms with Crippen LogP contribution in [0.2, 0.25) is 0 Å². The Labute approximate surface area is 211 Å². The fourth-order valence-electron chi connectivity index (χ4n) is 1.34. The molecule has 0 aliphatic heterocycles. The van der Waals surface area contributed by atoms with Crippen LogP contribution in [0.5, 0.6) is 0 Å². The minimum Gasteiger partial charge on any atom is -0.481 e. The van der Waals surface area contributed by atoms with E-state index in [-0.39, 0.29) is 116 Å².